The van der Waals surface area contributed by atoms with Crippen LogP contribution < -0.4 is 5.32 Å². The lowest BCUT2D eigenvalue weighted by atomic mass is 10.1. The van der Waals surface area contributed by atoms with Crippen molar-refractivity contribution in [2.24, 2.45) is 0 Å². The Kier molecular flexibility index (Phi) is 3.38. The number of benzene rings is 2. The molecule has 136 valence electrons. The molecule has 27 heavy (non-hydrogen) atoms. The molecular weight excluding hydrogens is 375 g/mol. The first kappa shape index (κ1) is 16.1. The van der Waals surface area contributed by atoms with E-state index < -0.39 is 11.8 Å². The number of oxazole rings is 1. The van der Waals surface area contributed by atoms with Crippen molar-refractivity contribution in [3.63, 3.8) is 0 Å². The summed E-state index contributed by atoms with van der Waals surface area (Å²) in [6.45, 7) is 0. The van der Waals surface area contributed by atoms with Gasteiger partial charge in [0, 0.05) is 5.92 Å². The van der Waals surface area contributed by atoms with Crippen molar-refractivity contribution in [1.29, 1.82) is 0 Å². The van der Waals surface area contributed by atoms with Crippen LogP contribution in [-0.4, -0.2) is 26.0 Å². The Hall–Kier alpha value is -3.13. The van der Waals surface area contributed by atoms with Gasteiger partial charge in [-0.25, -0.2) is 19.2 Å². The standard InChI is InChI=1S/C18H12ClFN4O3/c19-9-2-1-3-10(20)12(9)23-18-21-11-6-8(17(25)26)15-14(13(11)24-18)22-16(27-15)7-4-5-7/h1-3,6-7H,4-5H2,(H,25,26)(H2,21,23,24). The predicted octanol–water partition coefficient (Wildman–Crippen LogP) is 4.82. The Balaban J connectivity index is 1.68. The largest absolute Gasteiger partial charge is 0.478 e. The molecule has 3 N–H and O–H groups in total. The van der Waals surface area contributed by atoms with E-state index in [1.54, 1.807) is 6.07 Å². The number of carbonyl (C=O) groups is 1. The number of nitrogens with zero attached hydrogens (tertiary/aromatic N) is 2. The van der Waals surface area contributed by atoms with Gasteiger partial charge in [0.1, 0.15) is 16.9 Å². The third-order valence-electron chi connectivity index (χ3n) is 4.50. The molecule has 0 bridgehead atoms. The van der Waals surface area contributed by atoms with Crippen LogP contribution in [-0.2, 0) is 0 Å². The molecule has 7 nitrogen and oxygen atoms in total. The second-order valence-electron chi connectivity index (χ2n) is 6.43. The molecule has 1 saturated carbocycles. The lowest BCUT2D eigenvalue weighted by Crippen LogP contribution is -1.97. The van der Waals surface area contributed by atoms with Crippen LogP contribution in [0.3, 0.4) is 0 Å². The zero-order valence-corrected chi connectivity index (χ0v) is 14.5. The van der Waals surface area contributed by atoms with E-state index >= 15 is 0 Å². The Morgan fingerprint density at radius 1 is 1.37 bits per heavy atom. The van der Waals surface area contributed by atoms with Gasteiger partial charge in [-0.05, 0) is 31.0 Å². The smallest absolute Gasteiger partial charge is 0.339 e. The minimum absolute atomic E-state index is 0.0149. The second-order valence-corrected chi connectivity index (χ2v) is 6.84. The summed E-state index contributed by atoms with van der Waals surface area (Å²) in [4.78, 5) is 23.4. The maximum absolute atomic E-state index is 14.0. The van der Waals surface area contributed by atoms with Crippen LogP contribution >= 0.6 is 11.6 Å². The maximum atomic E-state index is 14.0. The first-order chi connectivity index (χ1) is 13.0. The van der Waals surface area contributed by atoms with Crippen molar-refractivity contribution in [2.45, 2.75) is 18.8 Å². The maximum Gasteiger partial charge on any atom is 0.339 e. The Bertz CT molecular complexity index is 1210. The Morgan fingerprint density at radius 2 is 2.19 bits per heavy atom. The highest BCUT2D eigenvalue weighted by Gasteiger charge is 2.31. The number of carboxylic acids is 1. The number of aromatic amines is 1. The van der Waals surface area contributed by atoms with Crippen molar-refractivity contribution in [2.75, 3.05) is 5.32 Å². The minimum atomic E-state index is -1.13. The number of nitrogens with one attached hydrogen (secondary N) is 2. The molecule has 0 aliphatic heterocycles. The fourth-order valence-electron chi connectivity index (χ4n) is 3.02. The number of para-hydroxylation sites is 1. The topological polar surface area (TPSA) is 104 Å². The molecule has 0 atom stereocenters. The summed E-state index contributed by atoms with van der Waals surface area (Å²) in [5.74, 6) is -0.684. The van der Waals surface area contributed by atoms with Crippen LogP contribution in [0.5, 0.6) is 0 Å². The molecule has 0 spiro atoms. The highest BCUT2D eigenvalue weighted by molar-refractivity contribution is 6.33. The zero-order valence-electron chi connectivity index (χ0n) is 13.7. The van der Waals surface area contributed by atoms with Crippen LogP contribution in [0.4, 0.5) is 16.0 Å². The first-order valence-corrected chi connectivity index (χ1v) is 8.66. The van der Waals surface area contributed by atoms with E-state index in [-0.39, 0.29) is 33.7 Å². The van der Waals surface area contributed by atoms with Gasteiger partial charge in [0.2, 0.25) is 5.95 Å². The molecule has 2 heterocycles. The van der Waals surface area contributed by atoms with Crippen molar-refractivity contribution in [3.05, 3.63) is 46.6 Å². The van der Waals surface area contributed by atoms with Crippen LogP contribution in [0.25, 0.3) is 22.1 Å². The fraction of sp³-hybridized carbons (Fsp3) is 0.167. The first-order valence-electron chi connectivity index (χ1n) is 8.28. The number of aromatic carboxylic acids is 1. The van der Waals surface area contributed by atoms with E-state index in [1.165, 1.54) is 18.2 Å². The molecular formula is C18H12ClFN4O3. The number of imidazole rings is 1. The molecule has 0 unspecified atom stereocenters. The quantitative estimate of drug-likeness (QED) is 0.464. The average molecular weight is 387 g/mol. The number of anilines is 2. The highest BCUT2D eigenvalue weighted by Crippen LogP contribution is 2.42. The Morgan fingerprint density at radius 3 is 2.89 bits per heavy atom. The third kappa shape index (κ3) is 2.60. The van der Waals surface area contributed by atoms with E-state index in [0.29, 0.717) is 22.4 Å². The summed E-state index contributed by atoms with van der Waals surface area (Å²) in [6, 6.07) is 5.73. The molecule has 5 rings (SSSR count). The van der Waals surface area contributed by atoms with Crippen LogP contribution in [0.1, 0.15) is 35.0 Å². The predicted molar refractivity (Wildman–Crippen MR) is 97.3 cm³/mol. The van der Waals surface area contributed by atoms with Gasteiger partial charge >= 0.3 is 5.97 Å². The second kappa shape index (κ2) is 5.68. The number of aromatic nitrogens is 3. The molecule has 2 aromatic carbocycles. The van der Waals surface area contributed by atoms with Crippen LogP contribution in [0.2, 0.25) is 5.02 Å². The summed E-state index contributed by atoms with van der Waals surface area (Å²) >= 11 is 6.04. The minimum Gasteiger partial charge on any atom is -0.478 e. The van der Waals surface area contributed by atoms with Gasteiger partial charge in [0.15, 0.2) is 11.5 Å². The van der Waals surface area contributed by atoms with E-state index in [4.69, 9.17) is 16.0 Å². The third-order valence-corrected chi connectivity index (χ3v) is 4.82. The molecule has 9 heteroatoms. The number of H-pyrrole nitrogens is 1. The van der Waals surface area contributed by atoms with Gasteiger partial charge in [-0.1, -0.05) is 17.7 Å². The zero-order chi connectivity index (χ0) is 18.7. The van der Waals surface area contributed by atoms with Crippen LogP contribution in [0, 0.1) is 5.82 Å². The van der Waals surface area contributed by atoms with E-state index in [9.17, 15) is 14.3 Å². The monoisotopic (exact) mass is 386 g/mol. The average Bonchev–Trinajstić information content (AvgIpc) is 3.24. The van der Waals surface area contributed by atoms with E-state index in [1.807, 2.05) is 0 Å². The Labute approximate surface area is 156 Å². The lowest BCUT2D eigenvalue weighted by Gasteiger charge is -2.05. The highest BCUT2D eigenvalue weighted by atomic mass is 35.5. The molecule has 0 saturated heterocycles. The van der Waals surface area contributed by atoms with Gasteiger partial charge in [-0.3, -0.25) is 0 Å². The molecule has 0 amide bonds. The summed E-state index contributed by atoms with van der Waals surface area (Å²) < 4.78 is 19.7. The summed E-state index contributed by atoms with van der Waals surface area (Å²) in [6.07, 6.45) is 1.94. The molecule has 1 aliphatic rings. The van der Waals surface area contributed by atoms with Gasteiger partial charge in [-0.15, -0.1) is 0 Å². The number of rotatable bonds is 4. The summed E-state index contributed by atoms with van der Waals surface area (Å²) in [5, 5.41) is 12.5. The van der Waals surface area contributed by atoms with Crippen molar-refractivity contribution >= 4 is 51.3 Å². The molecule has 4 aromatic rings. The van der Waals surface area contributed by atoms with Gasteiger partial charge in [0.05, 0.1) is 21.7 Å². The number of hydrogen-bond donors (Lipinski definition) is 3. The number of halogens is 2. The van der Waals surface area contributed by atoms with Gasteiger partial charge in [0.25, 0.3) is 0 Å². The number of fused-ring (bicyclic) bond motifs is 3. The van der Waals surface area contributed by atoms with Crippen molar-refractivity contribution in [3.8, 4) is 0 Å². The molecule has 0 radical (unpaired) electrons. The number of hydrogen-bond acceptors (Lipinski definition) is 5. The van der Waals surface area contributed by atoms with Gasteiger partial charge < -0.3 is 19.8 Å². The summed E-state index contributed by atoms with van der Waals surface area (Å²) in [7, 11) is 0. The molecule has 1 fully saturated rings. The fourth-order valence-corrected chi connectivity index (χ4v) is 3.23. The lowest BCUT2D eigenvalue weighted by molar-refractivity contribution is 0.0698. The van der Waals surface area contributed by atoms with E-state index in [2.05, 4.69) is 20.3 Å². The molecule has 1 aliphatic carbocycles. The van der Waals surface area contributed by atoms with Gasteiger partial charge in [-0.2, -0.15) is 0 Å². The van der Waals surface area contributed by atoms with E-state index in [0.717, 1.165) is 12.8 Å². The van der Waals surface area contributed by atoms with Crippen molar-refractivity contribution in [1.82, 2.24) is 15.0 Å². The normalized spacial score (nSPS) is 14.1. The van der Waals surface area contributed by atoms with Crippen molar-refractivity contribution < 1.29 is 18.7 Å². The SMILES string of the molecule is O=C(O)c1cc2nc(Nc3c(F)cccc3Cl)[nH]c2c2nc(C3CC3)oc12. The number of carboxylic acid groups (broad SMARTS) is 1. The van der Waals surface area contributed by atoms with Crippen LogP contribution in [0.15, 0.2) is 28.7 Å². The molecule has 2 aromatic heterocycles. The summed E-state index contributed by atoms with van der Waals surface area (Å²) in [5.41, 5.74) is 1.56.